The highest BCUT2D eigenvalue weighted by Gasteiger charge is 2.08. The van der Waals surface area contributed by atoms with E-state index in [9.17, 15) is 9.90 Å². The van der Waals surface area contributed by atoms with Gasteiger partial charge in [0.05, 0.1) is 24.2 Å². The maximum atomic E-state index is 11.3. The fraction of sp³-hybridized carbons (Fsp3) is 0.462. The number of carbonyl (C=O) groups is 1. The monoisotopic (exact) mass is 271 g/mol. The first-order chi connectivity index (χ1) is 8.41. The zero-order valence-electron chi connectivity index (χ0n) is 10.8. The van der Waals surface area contributed by atoms with Crippen LogP contribution < -0.4 is 4.74 Å². The average Bonchev–Trinajstić information content (AvgIpc) is 2.30. The number of hydrogen-bond acceptors (Lipinski definition) is 3. The molecule has 0 aromatic heterocycles. The standard InChI is InChI=1S/C13H18ClNO3/c1-9(16)10-4-5-12(11(14)8-10)18-7-6-13(17)15(2)3/h4-5,8-9,16H,6-7H2,1-3H3/t9-/m1/s1. The van der Waals surface area contributed by atoms with Crippen molar-refractivity contribution in [1.29, 1.82) is 0 Å². The summed E-state index contributed by atoms with van der Waals surface area (Å²) < 4.78 is 5.43. The number of ether oxygens (including phenoxy) is 1. The van der Waals surface area contributed by atoms with Crippen molar-refractivity contribution in [2.45, 2.75) is 19.4 Å². The van der Waals surface area contributed by atoms with Crippen molar-refractivity contribution in [3.05, 3.63) is 28.8 Å². The van der Waals surface area contributed by atoms with Gasteiger partial charge in [-0.2, -0.15) is 0 Å². The number of aliphatic hydroxyl groups excluding tert-OH is 1. The van der Waals surface area contributed by atoms with Gasteiger partial charge < -0.3 is 14.7 Å². The minimum absolute atomic E-state index is 0.00623. The molecule has 0 fully saturated rings. The van der Waals surface area contributed by atoms with E-state index in [1.54, 1.807) is 39.2 Å². The van der Waals surface area contributed by atoms with Crippen molar-refractivity contribution >= 4 is 17.5 Å². The van der Waals surface area contributed by atoms with Gasteiger partial charge in [-0.1, -0.05) is 17.7 Å². The van der Waals surface area contributed by atoms with Gasteiger partial charge in [0, 0.05) is 14.1 Å². The van der Waals surface area contributed by atoms with Gasteiger partial charge in [-0.3, -0.25) is 4.79 Å². The maximum absolute atomic E-state index is 11.3. The first-order valence-corrected chi connectivity index (χ1v) is 6.10. The van der Waals surface area contributed by atoms with Crippen molar-refractivity contribution in [2.24, 2.45) is 0 Å². The molecule has 0 unspecified atom stereocenters. The van der Waals surface area contributed by atoms with Gasteiger partial charge in [-0.05, 0) is 24.6 Å². The number of nitrogens with zero attached hydrogens (tertiary/aromatic N) is 1. The number of carbonyl (C=O) groups excluding carboxylic acids is 1. The Labute approximate surface area is 112 Å². The Hall–Kier alpha value is -1.26. The van der Waals surface area contributed by atoms with Crippen molar-refractivity contribution in [2.75, 3.05) is 20.7 Å². The van der Waals surface area contributed by atoms with Crippen LogP contribution in [0.2, 0.25) is 5.02 Å². The molecule has 0 aliphatic heterocycles. The Bertz CT molecular complexity index is 419. The molecule has 1 rings (SSSR count). The molecule has 1 atom stereocenters. The molecule has 4 nitrogen and oxygen atoms in total. The minimum Gasteiger partial charge on any atom is -0.491 e. The molecule has 100 valence electrons. The quantitative estimate of drug-likeness (QED) is 0.894. The summed E-state index contributed by atoms with van der Waals surface area (Å²) in [6, 6.07) is 5.11. The van der Waals surface area contributed by atoms with E-state index in [4.69, 9.17) is 16.3 Å². The molecule has 0 saturated carbocycles. The van der Waals surface area contributed by atoms with Gasteiger partial charge in [0.2, 0.25) is 5.91 Å². The van der Waals surface area contributed by atoms with Crippen molar-refractivity contribution in [1.82, 2.24) is 4.90 Å². The van der Waals surface area contributed by atoms with Gasteiger partial charge in [0.15, 0.2) is 0 Å². The van der Waals surface area contributed by atoms with E-state index >= 15 is 0 Å². The number of hydrogen-bond donors (Lipinski definition) is 1. The summed E-state index contributed by atoms with van der Waals surface area (Å²) in [4.78, 5) is 12.9. The van der Waals surface area contributed by atoms with Gasteiger partial charge in [-0.25, -0.2) is 0 Å². The zero-order chi connectivity index (χ0) is 13.7. The van der Waals surface area contributed by atoms with E-state index in [0.717, 1.165) is 5.56 Å². The van der Waals surface area contributed by atoms with Crippen LogP contribution in [0.1, 0.15) is 25.0 Å². The smallest absolute Gasteiger partial charge is 0.225 e. The fourth-order valence-electron chi connectivity index (χ4n) is 1.37. The molecule has 18 heavy (non-hydrogen) atoms. The minimum atomic E-state index is -0.563. The molecular formula is C13H18ClNO3. The van der Waals surface area contributed by atoms with E-state index in [2.05, 4.69) is 0 Å². The highest BCUT2D eigenvalue weighted by Crippen LogP contribution is 2.27. The third-order valence-electron chi connectivity index (χ3n) is 2.51. The SMILES string of the molecule is C[C@@H](O)c1ccc(OCCC(=O)N(C)C)c(Cl)c1. The second-order valence-corrected chi connectivity index (χ2v) is 4.66. The summed E-state index contributed by atoms with van der Waals surface area (Å²) in [5.41, 5.74) is 0.733. The molecule has 0 saturated heterocycles. The Morgan fingerprint density at radius 1 is 1.50 bits per heavy atom. The lowest BCUT2D eigenvalue weighted by molar-refractivity contribution is -0.129. The van der Waals surface area contributed by atoms with Gasteiger partial charge in [0.25, 0.3) is 0 Å². The Kier molecular flexibility index (Phi) is 5.44. The Balaban J connectivity index is 2.56. The topological polar surface area (TPSA) is 49.8 Å². The third-order valence-corrected chi connectivity index (χ3v) is 2.81. The second-order valence-electron chi connectivity index (χ2n) is 4.25. The molecule has 0 radical (unpaired) electrons. The second kappa shape index (κ2) is 6.61. The normalized spacial score (nSPS) is 12.1. The molecular weight excluding hydrogens is 254 g/mol. The number of aliphatic hydroxyl groups is 1. The average molecular weight is 272 g/mol. The molecule has 5 heteroatoms. The number of benzene rings is 1. The van der Waals surface area contributed by atoms with E-state index in [1.807, 2.05) is 0 Å². The van der Waals surface area contributed by atoms with Crippen LogP contribution in [0.25, 0.3) is 0 Å². The van der Waals surface area contributed by atoms with Crippen LogP contribution in [-0.4, -0.2) is 36.6 Å². The van der Waals surface area contributed by atoms with Crippen LogP contribution in [0, 0.1) is 0 Å². The van der Waals surface area contributed by atoms with Gasteiger partial charge in [0.1, 0.15) is 5.75 Å². The van der Waals surface area contributed by atoms with E-state index < -0.39 is 6.10 Å². The maximum Gasteiger partial charge on any atom is 0.225 e. The lowest BCUT2D eigenvalue weighted by Crippen LogP contribution is -2.23. The van der Waals surface area contributed by atoms with Crippen molar-refractivity contribution < 1.29 is 14.6 Å². The molecule has 1 amide bonds. The van der Waals surface area contributed by atoms with Crippen LogP contribution in [0.4, 0.5) is 0 Å². The van der Waals surface area contributed by atoms with E-state index in [0.29, 0.717) is 17.2 Å². The first kappa shape index (κ1) is 14.8. The highest BCUT2D eigenvalue weighted by atomic mass is 35.5. The molecule has 1 aromatic carbocycles. The molecule has 0 aliphatic carbocycles. The predicted octanol–water partition coefficient (Wildman–Crippen LogP) is 2.25. The highest BCUT2D eigenvalue weighted by molar-refractivity contribution is 6.32. The molecule has 0 spiro atoms. The zero-order valence-corrected chi connectivity index (χ0v) is 11.6. The van der Waals surface area contributed by atoms with E-state index in [1.165, 1.54) is 4.90 Å². The van der Waals surface area contributed by atoms with Crippen LogP contribution in [0.5, 0.6) is 5.75 Å². The van der Waals surface area contributed by atoms with E-state index in [-0.39, 0.29) is 12.5 Å². The number of amides is 1. The van der Waals surface area contributed by atoms with Crippen LogP contribution in [0.3, 0.4) is 0 Å². The van der Waals surface area contributed by atoms with Crippen LogP contribution in [0.15, 0.2) is 18.2 Å². The Morgan fingerprint density at radius 3 is 2.67 bits per heavy atom. The molecule has 0 bridgehead atoms. The van der Waals surface area contributed by atoms with Crippen molar-refractivity contribution in [3.8, 4) is 5.75 Å². The predicted molar refractivity (Wildman–Crippen MR) is 70.9 cm³/mol. The molecule has 0 heterocycles. The summed E-state index contributed by atoms with van der Waals surface area (Å²) in [5.74, 6) is 0.527. The number of halogens is 1. The molecule has 1 N–H and O–H groups in total. The summed E-state index contributed by atoms with van der Waals surface area (Å²) >= 11 is 6.02. The summed E-state index contributed by atoms with van der Waals surface area (Å²) in [5, 5.41) is 9.84. The lowest BCUT2D eigenvalue weighted by atomic mass is 10.1. The van der Waals surface area contributed by atoms with Gasteiger partial charge in [-0.15, -0.1) is 0 Å². The molecule has 0 aliphatic rings. The summed E-state index contributed by atoms with van der Waals surface area (Å²) in [7, 11) is 3.40. The fourth-order valence-corrected chi connectivity index (χ4v) is 1.61. The lowest BCUT2D eigenvalue weighted by Gasteiger charge is -2.12. The Morgan fingerprint density at radius 2 is 2.17 bits per heavy atom. The largest absolute Gasteiger partial charge is 0.491 e. The van der Waals surface area contributed by atoms with Crippen molar-refractivity contribution in [3.63, 3.8) is 0 Å². The summed E-state index contributed by atoms with van der Waals surface area (Å²) in [6.07, 6.45) is -0.256. The first-order valence-electron chi connectivity index (χ1n) is 5.72. The summed E-state index contributed by atoms with van der Waals surface area (Å²) in [6.45, 7) is 1.95. The third kappa shape index (κ3) is 4.20. The van der Waals surface area contributed by atoms with Crippen LogP contribution in [-0.2, 0) is 4.79 Å². The van der Waals surface area contributed by atoms with Crippen LogP contribution >= 0.6 is 11.6 Å². The van der Waals surface area contributed by atoms with Gasteiger partial charge >= 0.3 is 0 Å². The molecule has 1 aromatic rings. The number of rotatable bonds is 5.